The lowest BCUT2D eigenvalue weighted by Crippen LogP contribution is -2.11. The first-order valence-electron chi connectivity index (χ1n) is 6.42. The minimum atomic E-state index is -4.49. The van der Waals surface area contributed by atoms with Crippen LogP contribution in [0.15, 0.2) is 41.6 Å². The molecular formula is C14H11F3N4S. The number of benzene rings is 1. The fraction of sp³-hybridized carbons (Fsp3) is 0.214. The predicted molar refractivity (Wildman–Crippen MR) is 76.5 cm³/mol. The molecule has 0 saturated carbocycles. The van der Waals surface area contributed by atoms with Gasteiger partial charge in [0.05, 0.1) is 0 Å². The van der Waals surface area contributed by atoms with Crippen LogP contribution < -0.4 is 0 Å². The maximum absolute atomic E-state index is 12.7. The number of hydrogen-bond acceptors (Lipinski definition) is 4. The normalized spacial score (nSPS) is 12.0. The monoisotopic (exact) mass is 324 g/mol. The highest BCUT2D eigenvalue weighted by Crippen LogP contribution is 2.29. The summed E-state index contributed by atoms with van der Waals surface area (Å²) in [4.78, 5) is 7.60. The van der Waals surface area contributed by atoms with Crippen LogP contribution in [0.4, 0.5) is 13.2 Å². The summed E-state index contributed by atoms with van der Waals surface area (Å²) in [6, 6.07) is 10.7. The molecule has 0 aliphatic carbocycles. The summed E-state index contributed by atoms with van der Waals surface area (Å²) >= 11 is 1.36. The standard InChI is InChI=1S/C14H11F3N4S/c1-9-7-11(14(15,16)17)18-12-19-13(20-21(9)12)22-8-10-5-3-2-4-6-10/h2-7H,8H2,1H3. The van der Waals surface area contributed by atoms with Gasteiger partial charge in [0.15, 0.2) is 0 Å². The second kappa shape index (κ2) is 5.60. The van der Waals surface area contributed by atoms with Gasteiger partial charge in [-0.3, -0.25) is 0 Å². The average Bonchev–Trinajstić information content (AvgIpc) is 2.89. The van der Waals surface area contributed by atoms with Gasteiger partial charge >= 0.3 is 6.18 Å². The van der Waals surface area contributed by atoms with E-state index in [-0.39, 0.29) is 5.78 Å². The summed E-state index contributed by atoms with van der Waals surface area (Å²) in [6.45, 7) is 1.55. The zero-order chi connectivity index (χ0) is 15.7. The van der Waals surface area contributed by atoms with E-state index in [2.05, 4.69) is 15.1 Å². The van der Waals surface area contributed by atoms with Crippen molar-refractivity contribution in [3.05, 3.63) is 53.3 Å². The Morgan fingerprint density at radius 1 is 1.14 bits per heavy atom. The summed E-state index contributed by atoms with van der Waals surface area (Å²) in [5, 5.41) is 4.59. The molecule has 0 bridgehead atoms. The average molecular weight is 324 g/mol. The number of halogens is 3. The Morgan fingerprint density at radius 3 is 2.55 bits per heavy atom. The van der Waals surface area contributed by atoms with E-state index < -0.39 is 11.9 Å². The Hall–Kier alpha value is -2.09. The lowest BCUT2D eigenvalue weighted by atomic mass is 10.2. The number of nitrogens with zero attached hydrogens (tertiary/aromatic N) is 4. The van der Waals surface area contributed by atoms with Crippen molar-refractivity contribution in [2.45, 2.75) is 24.0 Å². The molecule has 2 aromatic heterocycles. The molecule has 0 aliphatic heterocycles. The zero-order valence-corrected chi connectivity index (χ0v) is 12.3. The molecule has 0 saturated heterocycles. The molecule has 0 N–H and O–H groups in total. The van der Waals surface area contributed by atoms with Crippen LogP contribution in [-0.2, 0) is 11.9 Å². The molecule has 0 atom stereocenters. The molecule has 0 aliphatic rings. The van der Waals surface area contributed by atoms with E-state index in [0.717, 1.165) is 11.6 Å². The molecule has 8 heteroatoms. The Kier molecular flexibility index (Phi) is 3.78. The van der Waals surface area contributed by atoms with Crippen molar-refractivity contribution in [1.82, 2.24) is 19.6 Å². The van der Waals surface area contributed by atoms with Gasteiger partial charge in [-0.15, -0.1) is 5.10 Å². The molecule has 0 radical (unpaired) electrons. The third-order valence-corrected chi connectivity index (χ3v) is 3.88. The topological polar surface area (TPSA) is 43.1 Å². The van der Waals surface area contributed by atoms with Crippen molar-refractivity contribution in [2.24, 2.45) is 0 Å². The first-order chi connectivity index (χ1) is 10.4. The lowest BCUT2D eigenvalue weighted by Gasteiger charge is -2.06. The Balaban J connectivity index is 1.88. The zero-order valence-electron chi connectivity index (χ0n) is 11.5. The van der Waals surface area contributed by atoms with Gasteiger partial charge in [-0.2, -0.15) is 18.2 Å². The van der Waals surface area contributed by atoms with Crippen LogP contribution in [0.1, 0.15) is 17.0 Å². The molecule has 4 nitrogen and oxygen atoms in total. The third kappa shape index (κ3) is 3.06. The van der Waals surface area contributed by atoms with Crippen LogP contribution in [0.25, 0.3) is 5.78 Å². The van der Waals surface area contributed by atoms with Crippen LogP contribution >= 0.6 is 11.8 Å². The van der Waals surface area contributed by atoms with E-state index in [4.69, 9.17) is 0 Å². The quantitative estimate of drug-likeness (QED) is 0.688. The van der Waals surface area contributed by atoms with Crippen LogP contribution in [-0.4, -0.2) is 19.6 Å². The second-order valence-corrected chi connectivity index (χ2v) is 5.60. The van der Waals surface area contributed by atoms with Gasteiger partial charge in [0.2, 0.25) is 5.16 Å². The van der Waals surface area contributed by atoms with Crippen LogP contribution in [0.3, 0.4) is 0 Å². The molecule has 2 heterocycles. The van der Waals surface area contributed by atoms with E-state index in [1.807, 2.05) is 30.3 Å². The molecule has 0 amide bonds. The largest absolute Gasteiger partial charge is 0.433 e. The van der Waals surface area contributed by atoms with Crippen molar-refractivity contribution >= 4 is 17.5 Å². The summed E-state index contributed by atoms with van der Waals surface area (Å²) in [6.07, 6.45) is -4.49. The van der Waals surface area contributed by atoms with E-state index >= 15 is 0 Å². The maximum Gasteiger partial charge on any atom is 0.433 e. The predicted octanol–water partition coefficient (Wildman–Crippen LogP) is 3.74. The fourth-order valence-electron chi connectivity index (χ4n) is 1.92. The molecule has 1 aromatic carbocycles. The number of alkyl halides is 3. The lowest BCUT2D eigenvalue weighted by molar-refractivity contribution is -0.141. The molecule has 3 aromatic rings. The number of aromatic nitrogens is 4. The van der Waals surface area contributed by atoms with Gasteiger partial charge in [-0.25, -0.2) is 9.50 Å². The van der Waals surface area contributed by atoms with E-state index in [1.165, 1.54) is 16.3 Å². The summed E-state index contributed by atoms with van der Waals surface area (Å²) < 4.78 is 39.6. The molecule has 3 rings (SSSR count). The minimum absolute atomic E-state index is 0.0390. The maximum atomic E-state index is 12.7. The SMILES string of the molecule is Cc1cc(C(F)(F)F)nc2nc(SCc3ccccc3)nn12. The van der Waals surface area contributed by atoms with E-state index in [0.29, 0.717) is 16.6 Å². The molecule has 114 valence electrons. The van der Waals surface area contributed by atoms with Crippen molar-refractivity contribution in [1.29, 1.82) is 0 Å². The minimum Gasteiger partial charge on any atom is -0.206 e. The Labute approximate surface area is 128 Å². The molecule has 0 fully saturated rings. The van der Waals surface area contributed by atoms with Gasteiger partial charge in [0.25, 0.3) is 5.78 Å². The second-order valence-electron chi connectivity index (χ2n) is 4.66. The smallest absolute Gasteiger partial charge is 0.206 e. The highest BCUT2D eigenvalue weighted by Gasteiger charge is 2.33. The Morgan fingerprint density at radius 2 is 1.86 bits per heavy atom. The highest BCUT2D eigenvalue weighted by molar-refractivity contribution is 7.98. The van der Waals surface area contributed by atoms with Crippen molar-refractivity contribution in [2.75, 3.05) is 0 Å². The number of thioether (sulfide) groups is 1. The summed E-state index contributed by atoms with van der Waals surface area (Å²) in [7, 11) is 0. The summed E-state index contributed by atoms with van der Waals surface area (Å²) in [5.41, 5.74) is 0.480. The summed E-state index contributed by atoms with van der Waals surface area (Å²) in [5.74, 6) is 0.603. The molecule has 0 spiro atoms. The van der Waals surface area contributed by atoms with Crippen molar-refractivity contribution in [3.8, 4) is 0 Å². The van der Waals surface area contributed by atoms with E-state index in [1.54, 1.807) is 6.92 Å². The van der Waals surface area contributed by atoms with Gasteiger partial charge in [-0.05, 0) is 18.6 Å². The van der Waals surface area contributed by atoms with Gasteiger partial charge in [0.1, 0.15) is 5.69 Å². The third-order valence-electron chi connectivity index (χ3n) is 2.97. The Bertz CT molecular complexity index is 799. The highest BCUT2D eigenvalue weighted by atomic mass is 32.2. The fourth-order valence-corrected chi connectivity index (χ4v) is 2.70. The number of hydrogen-bond donors (Lipinski definition) is 0. The van der Waals surface area contributed by atoms with Crippen molar-refractivity contribution < 1.29 is 13.2 Å². The van der Waals surface area contributed by atoms with Crippen molar-refractivity contribution in [3.63, 3.8) is 0 Å². The number of rotatable bonds is 3. The number of aryl methyl sites for hydroxylation is 1. The molecule has 0 unspecified atom stereocenters. The van der Waals surface area contributed by atoms with Crippen LogP contribution in [0.2, 0.25) is 0 Å². The molecular weight excluding hydrogens is 313 g/mol. The van der Waals surface area contributed by atoms with Crippen LogP contribution in [0, 0.1) is 6.92 Å². The number of fused-ring (bicyclic) bond motifs is 1. The van der Waals surface area contributed by atoms with E-state index in [9.17, 15) is 13.2 Å². The van der Waals surface area contributed by atoms with Gasteiger partial charge in [0, 0.05) is 11.4 Å². The van der Waals surface area contributed by atoms with Crippen LogP contribution in [0.5, 0.6) is 0 Å². The first kappa shape index (κ1) is 14.8. The van der Waals surface area contributed by atoms with Gasteiger partial charge < -0.3 is 0 Å². The first-order valence-corrected chi connectivity index (χ1v) is 7.40. The molecule has 22 heavy (non-hydrogen) atoms. The van der Waals surface area contributed by atoms with Gasteiger partial charge in [-0.1, -0.05) is 42.1 Å².